The first-order valence-corrected chi connectivity index (χ1v) is 11.4. The average molecular weight is 473 g/mol. The number of non-ortho nitro benzene ring substituents is 1. The smallest absolute Gasteiger partial charge is 0.290 e. The zero-order valence-corrected chi connectivity index (χ0v) is 19.1. The minimum absolute atomic E-state index is 0.0254. The summed E-state index contributed by atoms with van der Waals surface area (Å²) in [5, 5.41) is 22.6. The second-order valence-corrected chi connectivity index (χ2v) is 9.15. The lowest BCUT2D eigenvalue weighted by Gasteiger charge is -2.31. The Morgan fingerprint density at radius 1 is 1.24 bits per heavy atom. The third kappa shape index (κ3) is 4.52. The van der Waals surface area contributed by atoms with Crippen LogP contribution in [0.2, 0.25) is 0 Å². The van der Waals surface area contributed by atoms with Gasteiger partial charge in [0.15, 0.2) is 5.76 Å². The third-order valence-corrected chi connectivity index (χ3v) is 6.91. The van der Waals surface area contributed by atoms with Crippen molar-refractivity contribution in [2.75, 3.05) is 39.4 Å². The molecule has 1 aromatic heterocycles. The molecule has 1 fully saturated rings. The summed E-state index contributed by atoms with van der Waals surface area (Å²) in [6.45, 7) is 7.00. The van der Waals surface area contributed by atoms with E-state index in [1.54, 1.807) is 13.8 Å². The van der Waals surface area contributed by atoms with Gasteiger partial charge in [-0.2, -0.15) is 0 Å². The van der Waals surface area contributed by atoms with Crippen LogP contribution in [-0.2, 0) is 9.53 Å². The van der Waals surface area contributed by atoms with E-state index in [0.717, 1.165) is 13.1 Å². The van der Waals surface area contributed by atoms with Crippen LogP contribution in [0.4, 0.5) is 5.69 Å². The van der Waals surface area contributed by atoms with Crippen molar-refractivity contribution in [2.24, 2.45) is 0 Å². The number of ether oxygens (including phenoxy) is 1. The number of aromatic nitrogens is 1. The Morgan fingerprint density at radius 3 is 2.48 bits per heavy atom. The number of hydrogen-bond acceptors (Lipinski definition) is 9. The maximum absolute atomic E-state index is 13.5. The molecule has 4 rings (SSSR count). The van der Waals surface area contributed by atoms with E-state index in [1.807, 2.05) is 0 Å². The summed E-state index contributed by atoms with van der Waals surface area (Å²) in [4.78, 5) is 45.4. The van der Waals surface area contributed by atoms with Gasteiger partial charge in [0.05, 0.1) is 45.3 Å². The molecule has 11 heteroatoms. The largest absolute Gasteiger partial charge is 0.503 e. The molecular weight excluding hydrogens is 448 g/mol. The molecule has 10 nitrogen and oxygen atoms in total. The molecule has 1 aromatic carbocycles. The number of nitro benzene ring substituents is 1. The zero-order chi connectivity index (χ0) is 23.7. The topological polar surface area (TPSA) is 126 Å². The second kappa shape index (κ2) is 9.38. The van der Waals surface area contributed by atoms with Crippen molar-refractivity contribution in [3.8, 4) is 0 Å². The fourth-order valence-corrected chi connectivity index (χ4v) is 5.05. The maximum Gasteiger partial charge on any atom is 0.290 e. The van der Waals surface area contributed by atoms with Crippen LogP contribution in [0, 0.1) is 24.0 Å². The van der Waals surface area contributed by atoms with Gasteiger partial charge in [-0.1, -0.05) is 0 Å². The number of rotatable bonds is 7. The van der Waals surface area contributed by atoms with Crippen LogP contribution in [0.5, 0.6) is 0 Å². The molecule has 2 aromatic rings. The molecule has 0 radical (unpaired) electrons. The minimum atomic E-state index is -0.853. The number of Topliss-reactive ketones (excluding diaryl/α,β-unsaturated/α-hetero) is 1. The molecule has 1 N–H and O–H groups in total. The highest BCUT2D eigenvalue weighted by atomic mass is 32.1. The van der Waals surface area contributed by atoms with Gasteiger partial charge < -0.3 is 14.7 Å². The van der Waals surface area contributed by atoms with Crippen LogP contribution in [0.1, 0.15) is 32.0 Å². The van der Waals surface area contributed by atoms with Crippen molar-refractivity contribution in [1.82, 2.24) is 14.8 Å². The molecule has 174 valence electrons. The molecule has 0 spiro atoms. The van der Waals surface area contributed by atoms with Gasteiger partial charge in [-0.25, -0.2) is 4.98 Å². The summed E-state index contributed by atoms with van der Waals surface area (Å²) in [5.41, 5.74) is 0.923. The minimum Gasteiger partial charge on any atom is -0.503 e. The van der Waals surface area contributed by atoms with Crippen LogP contribution >= 0.6 is 11.3 Å². The first-order chi connectivity index (χ1) is 15.8. The Kier molecular flexibility index (Phi) is 6.54. The lowest BCUT2D eigenvalue weighted by Crippen LogP contribution is -2.43. The van der Waals surface area contributed by atoms with Crippen LogP contribution < -0.4 is 0 Å². The molecule has 0 unspecified atom stereocenters. The van der Waals surface area contributed by atoms with Gasteiger partial charge >= 0.3 is 0 Å². The van der Waals surface area contributed by atoms with Crippen molar-refractivity contribution < 1.29 is 24.4 Å². The highest BCUT2D eigenvalue weighted by molar-refractivity contribution is 7.14. The Bertz CT molecular complexity index is 1120. The average Bonchev–Trinajstić information content (AvgIpc) is 3.28. The van der Waals surface area contributed by atoms with Crippen LogP contribution in [0.3, 0.4) is 0 Å². The normalized spacial score (nSPS) is 19.4. The lowest BCUT2D eigenvalue weighted by molar-refractivity contribution is -0.384. The number of hydrogen-bond donors (Lipinski definition) is 1. The van der Waals surface area contributed by atoms with E-state index in [1.165, 1.54) is 40.5 Å². The summed E-state index contributed by atoms with van der Waals surface area (Å²) in [7, 11) is 0. The van der Waals surface area contributed by atoms with Gasteiger partial charge in [0, 0.05) is 38.3 Å². The number of ketones is 1. The number of aliphatic hydroxyl groups excluding tert-OH is 1. The van der Waals surface area contributed by atoms with Crippen molar-refractivity contribution in [2.45, 2.75) is 19.9 Å². The van der Waals surface area contributed by atoms with Crippen molar-refractivity contribution >= 4 is 28.7 Å². The molecule has 0 saturated carbocycles. The quantitative estimate of drug-likeness (QED) is 0.370. The lowest BCUT2D eigenvalue weighted by atomic mass is 9.95. The van der Waals surface area contributed by atoms with E-state index in [4.69, 9.17) is 4.74 Å². The number of benzene rings is 1. The standard InChI is InChI=1S/C22H24N4O6S/c1-13-21(33-14(2)23-13)19(27)17-18(15-3-5-16(6-4-15)26(30)31)25(22(29)20(17)28)8-7-24-9-11-32-12-10-24/h3-6,18,28H,7-12H2,1-2H3/t18-/m1/s1. The molecule has 0 aliphatic carbocycles. The molecule has 3 heterocycles. The molecule has 2 aliphatic heterocycles. The Balaban J connectivity index is 1.70. The summed E-state index contributed by atoms with van der Waals surface area (Å²) < 4.78 is 5.37. The number of nitrogens with zero attached hydrogens (tertiary/aromatic N) is 4. The number of aliphatic hydroxyl groups is 1. The maximum atomic E-state index is 13.5. The van der Waals surface area contributed by atoms with E-state index < -0.39 is 28.4 Å². The van der Waals surface area contributed by atoms with Crippen LogP contribution in [0.15, 0.2) is 35.6 Å². The molecule has 1 atom stereocenters. The molecule has 1 saturated heterocycles. The number of aryl methyl sites for hydroxylation is 2. The van der Waals surface area contributed by atoms with Crippen LogP contribution in [0.25, 0.3) is 0 Å². The number of thiazole rings is 1. The van der Waals surface area contributed by atoms with Gasteiger partial charge in [0.1, 0.15) is 0 Å². The zero-order valence-electron chi connectivity index (χ0n) is 18.3. The van der Waals surface area contributed by atoms with Crippen molar-refractivity contribution in [3.63, 3.8) is 0 Å². The van der Waals surface area contributed by atoms with E-state index in [-0.39, 0.29) is 17.8 Å². The predicted molar refractivity (Wildman–Crippen MR) is 120 cm³/mol. The van der Waals surface area contributed by atoms with Crippen molar-refractivity contribution in [3.05, 3.63) is 66.9 Å². The molecule has 1 amide bonds. The number of amides is 1. The monoisotopic (exact) mass is 472 g/mol. The van der Waals surface area contributed by atoms with Gasteiger partial charge in [0.25, 0.3) is 11.6 Å². The Labute approximate surface area is 194 Å². The number of carbonyl (C=O) groups excluding carboxylic acids is 2. The first kappa shape index (κ1) is 23.0. The first-order valence-electron chi connectivity index (χ1n) is 10.5. The Morgan fingerprint density at radius 2 is 1.91 bits per heavy atom. The van der Waals surface area contributed by atoms with E-state index in [2.05, 4.69) is 9.88 Å². The van der Waals surface area contributed by atoms with Gasteiger partial charge in [0.2, 0.25) is 5.78 Å². The fraction of sp³-hybridized carbons (Fsp3) is 0.409. The number of carbonyl (C=O) groups is 2. The molecule has 33 heavy (non-hydrogen) atoms. The fourth-order valence-electron chi connectivity index (χ4n) is 4.18. The highest BCUT2D eigenvalue weighted by Gasteiger charge is 2.44. The molecular formula is C22H24N4O6S. The van der Waals surface area contributed by atoms with Gasteiger partial charge in [-0.15, -0.1) is 11.3 Å². The summed E-state index contributed by atoms with van der Waals surface area (Å²) >= 11 is 1.21. The summed E-state index contributed by atoms with van der Waals surface area (Å²) in [6.07, 6.45) is 0. The third-order valence-electron chi connectivity index (χ3n) is 5.84. The second-order valence-electron chi connectivity index (χ2n) is 7.94. The van der Waals surface area contributed by atoms with E-state index in [0.29, 0.717) is 40.9 Å². The van der Waals surface area contributed by atoms with Crippen LogP contribution in [-0.4, -0.2) is 75.9 Å². The Hall–Kier alpha value is -3.15. The predicted octanol–water partition coefficient (Wildman–Crippen LogP) is 2.58. The van der Waals surface area contributed by atoms with Gasteiger partial charge in [-0.3, -0.25) is 24.6 Å². The highest BCUT2D eigenvalue weighted by Crippen LogP contribution is 2.40. The van der Waals surface area contributed by atoms with E-state index in [9.17, 15) is 24.8 Å². The van der Waals surface area contributed by atoms with Gasteiger partial charge in [-0.05, 0) is 31.5 Å². The molecule has 0 bridgehead atoms. The van der Waals surface area contributed by atoms with Crippen molar-refractivity contribution in [1.29, 1.82) is 0 Å². The summed E-state index contributed by atoms with van der Waals surface area (Å²) in [6, 6.07) is 4.86. The molecule has 2 aliphatic rings. The summed E-state index contributed by atoms with van der Waals surface area (Å²) in [5.74, 6) is -1.68. The van der Waals surface area contributed by atoms with E-state index >= 15 is 0 Å². The SMILES string of the molecule is Cc1nc(C)c(C(=O)C2=C(O)C(=O)N(CCN3CCOCC3)[C@@H]2c2ccc([N+](=O)[O-])cc2)s1. The number of nitro groups is 1. The number of morpholine rings is 1.